The molecule has 0 fully saturated rings. The van der Waals surface area contributed by atoms with Gasteiger partial charge in [-0.3, -0.25) is 0 Å². The predicted molar refractivity (Wildman–Crippen MR) is 76.1 cm³/mol. The van der Waals surface area contributed by atoms with Crippen LogP contribution >= 0.6 is 11.8 Å². The molecule has 0 radical (unpaired) electrons. The number of benzene rings is 1. The summed E-state index contributed by atoms with van der Waals surface area (Å²) in [6, 6.07) is 8.86. The molecule has 1 aromatic carbocycles. The van der Waals surface area contributed by atoms with E-state index in [-0.39, 0.29) is 0 Å². The number of hydrogen-bond donors (Lipinski definition) is 1. The molecule has 96 valence electrons. The fourth-order valence-electron chi connectivity index (χ4n) is 1.50. The maximum atomic E-state index is 5.20. The van der Waals surface area contributed by atoms with Gasteiger partial charge < -0.3 is 10.1 Å². The minimum atomic E-state index is 0.598. The first-order valence-corrected chi connectivity index (χ1v) is 7.21. The Labute approximate surface area is 109 Å². The van der Waals surface area contributed by atoms with E-state index in [2.05, 4.69) is 31.3 Å². The Hall–Kier alpha value is -0.670. The molecule has 0 atom stereocenters. The molecule has 1 rings (SSSR count). The minimum absolute atomic E-state index is 0.598. The largest absolute Gasteiger partial charge is 0.497 e. The van der Waals surface area contributed by atoms with Crippen molar-refractivity contribution in [2.75, 3.05) is 19.4 Å². The molecule has 0 aliphatic rings. The summed E-state index contributed by atoms with van der Waals surface area (Å²) in [5.74, 6) is 2.11. The lowest BCUT2D eigenvalue weighted by molar-refractivity contribution is 0.413. The summed E-state index contributed by atoms with van der Waals surface area (Å²) in [5, 5.41) is 3.43. The Bertz CT molecular complexity index is 315. The van der Waals surface area contributed by atoms with E-state index < -0.39 is 0 Å². The molecule has 3 heteroatoms. The molecule has 0 aliphatic heterocycles. The highest BCUT2D eigenvalue weighted by molar-refractivity contribution is 7.99. The smallest absolute Gasteiger partial charge is 0.119 e. The first-order chi connectivity index (χ1) is 8.22. The third-order valence-electron chi connectivity index (χ3n) is 2.43. The lowest BCUT2D eigenvalue weighted by Gasteiger charge is -2.07. The summed E-state index contributed by atoms with van der Waals surface area (Å²) in [7, 11) is 1.71. The highest BCUT2D eigenvalue weighted by Crippen LogP contribution is 2.23. The topological polar surface area (TPSA) is 21.3 Å². The molecular weight excluding hydrogens is 230 g/mol. The van der Waals surface area contributed by atoms with Gasteiger partial charge in [-0.2, -0.15) is 0 Å². The van der Waals surface area contributed by atoms with Crippen molar-refractivity contribution < 1.29 is 4.74 Å². The molecule has 1 aromatic rings. The second-order valence-corrected chi connectivity index (χ2v) is 5.51. The maximum absolute atomic E-state index is 5.20. The summed E-state index contributed by atoms with van der Waals surface area (Å²) in [6.45, 7) is 5.49. The molecule has 0 aromatic heterocycles. The average Bonchev–Trinajstić information content (AvgIpc) is 2.33. The fourth-order valence-corrected chi connectivity index (χ4v) is 2.46. The van der Waals surface area contributed by atoms with Crippen LogP contribution in [0.3, 0.4) is 0 Å². The zero-order valence-electron chi connectivity index (χ0n) is 11.0. The summed E-state index contributed by atoms with van der Waals surface area (Å²) in [6.07, 6.45) is 2.50. The second kappa shape index (κ2) is 8.43. The first-order valence-electron chi connectivity index (χ1n) is 6.22. The Morgan fingerprint density at radius 3 is 2.82 bits per heavy atom. The molecule has 0 saturated heterocycles. The SMILES string of the molecule is COc1cccc(SCCCCNC(C)C)c1. The van der Waals surface area contributed by atoms with Crippen molar-refractivity contribution in [2.45, 2.75) is 37.6 Å². The van der Waals surface area contributed by atoms with Gasteiger partial charge in [-0.1, -0.05) is 19.9 Å². The lowest BCUT2D eigenvalue weighted by Crippen LogP contribution is -2.23. The zero-order valence-corrected chi connectivity index (χ0v) is 11.8. The number of rotatable bonds is 8. The van der Waals surface area contributed by atoms with E-state index in [4.69, 9.17) is 4.74 Å². The second-order valence-electron chi connectivity index (χ2n) is 4.34. The Balaban J connectivity index is 2.13. The summed E-state index contributed by atoms with van der Waals surface area (Å²) >= 11 is 1.90. The quantitative estimate of drug-likeness (QED) is 0.565. The number of thioether (sulfide) groups is 1. The van der Waals surface area contributed by atoms with Crippen LogP contribution in [0.5, 0.6) is 5.75 Å². The van der Waals surface area contributed by atoms with Crippen LogP contribution in [-0.2, 0) is 0 Å². The maximum Gasteiger partial charge on any atom is 0.119 e. The molecule has 0 heterocycles. The Kier molecular flexibility index (Phi) is 7.13. The van der Waals surface area contributed by atoms with E-state index in [0.29, 0.717) is 6.04 Å². The Morgan fingerprint density at radius 2 is 2.12 bits per heavy atom. The van der Waals surface area contributed by atoms with Crippen molar-refractivity contribution in [1.29, 1.82) is 0 Å². The van der Waals surface area contributed by atoms with Gasteiger partial charge in [-0.25, -0.2) is 0 Å². The highest BCUT2D eigenvalue weighted by atomic mass is 32.2. The number of ether oxygens (including phenoxy) is 1. The third-order valence-corrected chi connectivity index (χ3v) is 3.51. The van der Waals surface area contributed by atoms with Gasteiger partial charge in [0, 0.05) is 10.9 Å². The van der Waals surface area contributed by atoms with Crippen molar-refractivity contribution in [2.24, 2.45) is 0 Å². The lowest BCUT2D eigenvalue weighted by atomic mass is 10.3. The van der Waals surface area contributed by atoms with Crippen molar-refractivity contribution >= 4 is 11.8 Å². The van der Waals surface area contributed by atoms with E-state index >= 15 is 0 Å². The van der Waals surface area contributed by atoms with Gasteiger partial charge in [-0.05, 0) is 43.3 Å². The molecular formula is C14H23NOS. The molecule has 2 nitrogen and oxygen atoms in total. The molecule has 0 bridgehead atoms. The van der Waals surface area contributed by atoms with Gasteiger partial charge >= 0.3 is 0 Å². The number of nitrogens with one attached hydrogen (secondary N) is 1. The fraction of sp³-hybridized carbons (Fsp3) is 0.571. The monoisotopic (exact) mass is 253 g/mol. The van der Waals surface area contributed by atoms with E-state index in [1.54, 1.807) is 7.11 Å². The van der Waals surface area contributed by atoms with Crippen molar-refractivity contribution in [3.05, 3.63) is 24.3 Å². The molecule has 1 N–H and O–H groups in total. The molecule has 0 spiro atoms. The van der Waals surface area contributed by atoms with E-state index in [1.165, 1.54) is 23.5 Å². The van der Waals surface area contributed by atoms with E-state index in [1.807, 2.05) is 23.9 Å². The number of unbranched alkanes of at least 4 members (excludes halogenated alkanes) is 1. The van der Waals surface area contributed by atoms with Crippen molar-refractivity contribution in [1.82, 2.24) is 5.32 Å². The van der Waals surface area contributed by atoms with Crippen molar-refractivity contribution in [3.63, 3.8) is 0 Å². The van der Waals surface area contributed by atoms with Crippen molar-refractivity contribution in [3.8, 4) is 5.75 Å². The van der Waals surface area contributed by atoms with Gasteiger partial charge in [-0.15, -0.1) is 11.8 Å². The molecule has 0 saturated carbocycles. The predicted octanol–water partition coefficient (Wildman–Crippen LogP) is 3.57. The molecule has 17 heavy (non-hydrogen) atoms. The highest BCUT2D eigenvalue weighted by Gasteiger charge is 1.97. The van der Waals surface area contributed by atoms with Gasteiger partial charge in [0.2, 0.25) is 0 Å². The van der Waals surface area contributed by atoms with Crippen LogP contribution in [0, 0.1) is 0 Å². The molecule has 0 unspecified atom stereocenters. The van der Waals surface area contributed by atoms with Crippen LogP contribution in [0.4, 0.5) is 0 Å². The Morgan fingerprint density at radius 1 is 1.29 bits per heavy atom. The van der Waals surface area contributed by atoms with Gasteiger partial charge in [0.1, 0.15) is 5.75 Å². The summed E-state index contributed by atoms with van der Waals surface area (Å²) in [5.41, 5.74) is 0. The van der Waals surface area contributed by atoms with Crippen LogP contribution in [0.25, 0.3) is 0 Å². The summed E-state index contributed by atoms with van der Waals surface area (Å²) < 4.78 is 5.20. The zero-order chi connectivity index (χ0) is 12.5. The van der Waals surface area contributed by atoms with E-state index in [0.717, 1.165) is 12.3 Å². The number of methoxy groups -OCH3 is 1. The molecule has 0 aliphatic carbocycles. The van der Waals surface area contributed by atoms with Crippen LogP contribution in [0.1, 0.15) is 26.7 Å². The van der Waals surface area contributed by atoms with Gasteiger partial charge in [0.15, 0.2) is 0 Å². The van der Waals surface area contributed by atoms with Gasteiger partial charge in [0.05, 0.1) is 7.11 Å². The van der Waals surface area contributed by atoms with E-state index in [9.17, 15) is 0 Å². The first kappa shape index (κ1) is 14.4. The van der Waals surface area contributed by atoms with Crippen LogP contribution < -0.4 is 10.1 Å². The number of hydrogen-bond acceptors (Lipinski definition) is 3. The normalized spacial score (nSPS) is 10.8. The standard InChI is InChI=1S/C14H23NOS/c1-12(2)15-9-4-5-10-17-14-8-6-7-13(11-14)16-3/h6-8,11-12,15H,4-5,9-10H2,1-3H3. The third kappa shape index (κ3) is 6.59. The average molecular weight is 253 g/mol. The van der Waals surface area contributed by atoms with Gasteiger partial charge in [0.25, 0.3) is 0 Å². The molecule has 0 amide bonds. The van der Waals surface area contributed by atoms with Crippen LogP contribution in [0.15, 0.2) is 29.2 Å². The van der Waals surface area contributed by atoms with Crippen LogP contribution in [-0.4, -0.2) is 25.4 Å². The summed E-state index contributed by atoms with van der Waals surface area (Å²) in [4.78, 5) is 1.29. The van der Waals surface area contributed by atoms with Crippen LogP contribution in [0.2, 0.25) is 0 Å². The minimum Gasteiger partial charge on any atom is -0.497 e.